The topological polar surface area (TPSA) is 84.6 Å². The Morgan fingerprint density at radius 2 is 2.00 bits per heavy atom. The number of aliphatic hydroxyl groups is 1. The number of rotatable bonds is 4. The normalized spacial score (nSPS) is 14.0. The van der Waals surface area contributed by atoms with Crippen LogP contribution in [0.2, 0.25) is 0 Å². The zero-order chi connectivity index (χ0) is 12.1. The van der Waals surface area contributed by atoms with Crippen LogP contribution in [0.3, 0.4) is 0 Å². The SMILES string of the molecule is COc1ccc(NC(=O)[C@@H](N)[C@@H](C)O)cc1. The predicted octanol–water partition coefficient (Wildman–Crippen LogP) is 0.342. The molecule has 0 aliphatic heterocycles. The van der Waals surface area contributed by atoms with Gasteiger partial charge in [0.05, 0.1) is 13.2 Å². The van der Waals surface area contributed by atoms with Crippen LogP contribution in [-0.4, -0.2) is 30.3 Å². The van der Waals surface area contributed by atoms with E-state index in [1.165, 1.54) is 6.92 Å². The molecule has 0 saturated carbocycles. The second kappa shape index (κ2) is 5.48. The number of benzene rings is 1. The summed E-state index contributed by atoms with van der Waals surface area (Å²) < 4.78 is 4.98. The summed E-state index contributed by atoms with van der Waals surface area (Å²) in [5, 5.41) is 11.7. The number of hydrogen-bond acceptors (Lipinski definition) is 4. The van der Waals surface area contributed by atoms with Gasteiger partial charge in [-0.1, -0.05) is 0 Å². The predicted molar refractivity (Wildman–Crippen MR) is 61.3 cm³/mol. The quantitative estimate of drug-likeness (QED) is 0.688. The molecule has 0 unspecified atom stereocenters. The number of anilines is 1. The largest absolute Gasteiger partial charge is 0.497 e. The van der Waals surface area contributed by atoms with Crippen LogP contribution in [0.15, 0.2) is 24.3 Å². The van der Waals surface area contributed by atoms with Crippen molar-refractivity contribution in [3.63, 3.8) is 0 Å². The van der Waals surface area contributed by atoms with Crippen LogP contribution >= 0.6 is 0 Å². The van der Waals surface area contributed by atoms with Crippen molar-refractivity contribution in [2.24, 2.45) is 5.73 Å². The lowest BCUT2D eigenvalue weighted by molar-refractivity contribution is -0.119. The minimum Gasteiger partial charge on any atom is -0.497 e. The lowest BCUT2D eigenvalue weighted by Crippen LogP contribution is -2.43. The van der Waals surface area contributed by atoms with Crippen molar-refractivity contribution in [2.75, 3.05) is 12.4 Å². The first kappa shape index (κ1) is 12.5. The molecule has 0 aliphatic rings. The van der Waals surface area contributed by atoms with Crippen molar-refractivity contribution in [1.29, 1.82) is 0 Å². The molecule has 88 valence electrons. The minimum absolute atomic E-state index is 0.417. The van der Waals surface area contributed by atoms with E-state index in [-0.39, 0.29) is 0 Å². The van der Waals surface area contributed by atoms with Gasteiger partial charge in [-0.2, -0.15) is 0 Å². The zero-order valence-electron chi connectivity index (χ0n) is 9.31. The van der Waals surface area contributed by atoms with Gasteiger partial charge < -0.3 is 20.9 Å². The molecule has 1 rings (SSSR count). The molecule has 0 radical (unpaired) electrons. The summed E-state index contributed by atoms with van der Waals surface area (Å²) in [4.78, 5) is 11.5. The first-order chi connectivity index (χ1) is 7.54. The van der Waals surface area contributed by atoms with E-state index >= 15 is 0 Å². The van der Waals surface area contributed by atoms with Crippen molar-refractivity contribution < 1.29 is 14.6 Å². The van der Waals surface area contributed by atoms with Crippen molar-refractivity contribution >= 4 is 11.6 Å². The Morgan fingerprint density at radius 1 is 1.44 bits per heavy atom. The third kappa shape index (κ3) is 3.22. The second-order valence-corrected chi connectivity index (χ2v) is 3.48. The van der Waals surface area contributed by atoms with Crippen molar-refractivity contribution in [1.82, 2.24) is 0 Å². The Hall–Kier alpha value is -1.59. The fraction of sp³-hybridized carbons (Fsp3) is 0.364. The van der Waals surface area contributed by atoms with Gasteiger partial charge in [-0.3, -0.25) is 4.79 Å². The Bertz CT molecular complexity index is 349. The summed E-state index contributed by atoms with van der Waals surface area (Å²) in [6.45, 7) is 1.47. The van der Waals surface area contributed by atoms with Crippen LogP contribution in [0.25, 0.3) is 0 Å². The summed E-state index contributed by atoms with van der Waals surface area (Å²) in [7, 11) is 1.57. The number of methoxy groups -OCH3 is 1. The molecule has 0 bridgehead atoms. The van der Waals surface area contributed by atoms with E-state index in [4.69, 9.17) is 15.6 Å². The van der Waals surface area contributed by atoms with Crippen LogP contribution in [-0.2, 0) is 4.79 Å². The highest BCUT2D eigenvalue weighted by Gasteiger charge is 2.18. The van der Waals surface area contributed by atoms with Gasteiger partial charge in [0.15, 0.2) is 0 Å². The molecule has 1 aromatic carbocycles. The molecule has 0 heterocycles. The van der Waals surface area contributed by atoms with Gasteiger partial charge in [-0.25, -0.2) is 0 Å². The summed E-state index contributed by atoms with van der Waals surface area (Å²) in [6, 6.07) is 5.92. The lowest BCUT2D eigenvalue weighted by atomic mass is 10.2. The van der Waals surface area contributed by atoms with Gasteiger partial charge in [0, 0.05) is 5.69 Å². The average molecular weight is 224 g/mol. The van der Waals surface area contributed by atoms with Crippen LogP contribution in [0.5, 0.6) is 5.75 Å². The maximum absolute atomic E-state index is 11.5. The number of carbonyl (C=O) groups excluding carboxylic acids is 1. The molecule has 5 nitrogen and oxygen atoms in total. The molecular formula is C11H16N2O3. The van der Waals surface area contributed by atoms with E-state index < -0.39 is 18.1 Å². The summed E-state index contributed by atoms with van der Waals surface area (Å²) >= 11 is 0. The van der Waals surface area contributed by atoms with Gasteiger partial charge >= 0.3 is 0 Å². The molecule has 0 aromatic heterocycles. The highest BCUT2D eigenvalue weighted by Crippen LogP contribution is 2.15. The summed E-state index contributed by atoms with van der Waals surface area (Å²) in [6.07, 6.45) is -0.877. The van der Waals surface area contributed by atoms with Gasteiger partial charge in [0.2, 0.25) is 5.91 Å². The third-order valence-corrected chi connectivity index (χ3v) is 2.18. The minimum atomic E-state index is -0.929. The van der Waals surface area contributed by atoms with Crippen molar-refractivity contribution in [2.45, 2.75) is 19.1 Å². The van der Waals surface area contributed by atoms with Crippen LogP contribution in [0.4, 0.5) is 5.69 Å². The Morgan fingerprint density at radius 3 is 2.44 bits per heavy atom. The van der Waals surface area contributed by atoms with E-state index in [1.54, 1.807) is 31.4 Å². The Kier molecular flexibility index (Phi) is 4.28. The lowest BCUT2D eigenvalue weighted by Gasteiger charge is -2.14. The number of nitrogens with one attached hydrogen (secondary N) is 1. The van der Waals surface area contributed by atoms with Gasteiger partial charge in [-0.15, -0.1) is 0 Å². The molecule has 1 amide bonds. The maximum atomic E-state index is 11.5. The molecule has 4 N–H and O–H groups in total. The molecule has 0 aliphatic carbocycles. The van der Waals surface area contributed by atoms with E-state index in [9.17, 15) is 4.79 Å². The number of hydrogen-bond donors (Lipinski definition) is 3. The molecule has 16 heavy (non-hydrogen) atoms. The standard InChI is InChI=1S/C11H16N2O3/c1-7(14)10(12)11(15)13-8-3-5-9(16-2)6-4-8/h3-7,10,14H,12H2,1-2H3,(H,13,15)/t7-,10+/m1/s1. The van der Waals surface area contributed by atoms with Crippen molar-refractivity contribution in [3.05, 3.63) is 24.3 Å². The molecule has 5 heteroatoms. The van der Waals surface area contributed by atoms with Crippen LogP contribution < -0.4 is 15.8 Å². The monoisotopic (exact) mass is 224 g/mol. The fourth-order valence-electron chi connectivity index (χ4n) is 1.12. The number of carbonyl (C=O) groups is 1. The fourth-order valence-corrected chi connectivity index (χ4v) is 1.12. The van der Waals surface area contributed by atoms with Crippen LogP contribution in [0, 0.1) is 0 Å². The van der Waals surface area contributed by atoms with E-state index in [0.29, 0.717) is 11.4 Å². The average Bonchev–Trinajstić information content (AvgIpc) is 2.28. The third-order valence-electron chi connectivity index (χ3n) is 2.18. The van der Waals surface area contributed by atoms with E-state index in [0.717, 1.165) is 0 Å². The maximum Gasteiger partial charge on any atom is 0.243 e. The van der Waals surface area contributed by atoms with Crippen LogP contribution in [0.1, 0.15) is 6.92 Å². The first-order valence-corrected chi connectivity index (χ1v) is 4.93. The van der Waals surface area contributed by atoms with E-state index in [1.807, 2.05) is 0 Å². The molecule has 0 saturated heterocycles. The zero-order valence-corrected chi connectivity index (χ0v) is 9.31. The smallest absolute Gasteiger partial charge is 0.243 e. The van der Waals surface area contributed by atoms with Gasteiger partial charge in [-0.05, 0) is 31.2 Å². The molecule has 2 atom stereocenters. The summed E-state index contributed by atoms with van der Waals surface area (Å²) in [5.41, 5.74) is 6.09. The number of amides is 1. The second-order valence-electron chi connectivity index (χ2n) is 3.48. The van der Waals surface area contributed by atoms with Gasteiger partial charge in [0.1, 0.15) is 11.8 Å². The molecule has 0 fully saturated rings. The molecule has 1 aromatic rings. The first-order valence-electron chi connectivity index (χ1n) is 4.93. The Balaban J connectivity index is 2.62. The highest BCUT2D eigenvalue weighted by molar-refractivity contribution is 5.95. The number of aliphatic hydroxyl groups excluding tert-OH is 1. The molecule has 0 spiro atoms. The Labute approximate surface area is 94.2 Å². The number of ether oxygens (including phenoxy) is 1. The van der Waals surface area contributed by atoms with Gasteiger partial charge in [0.25, 0.3) is 0 Å². The van der Waals surface area contributed by atoms with Crippen molar-refractivity contribution in [3.8, 4) is 5.75 Å². The molecular weight excluding hydrogens is 208 g/mol. The summed E-state index contributed by atoms with van der Waals surface area (Å²) in [5.74, 6) is 0.290. The van der Waals surface area contributed by atoms with E-state index in [2.05, 4.69) is 5.32 Å². The highest BCUT2D eigenvalue weighted by atomic mass is 16.5. The number of nitrogens with two attached hydrogens (primary N) is 1.